The molecule has 0 spiro atoms. The fourth-order valence-corrected chi connectivity index (χ4v) is 1.01. The fourth-order valence-electron chi connectivity index (χ4n) is 1.01. The lowest BCUT2D eigenvalue weighted by Crippen LogP contribution is -1.82. The third-order valence-electron chi connectivity index (χ3n) is 1.67. The van der Waals surface area contributed by atoms with Gasteiger partial charge in [0.1, 0.15) is 11.8 Å². The first-order chi connectivity index (χ1) is 7.36. The van der Waals surface area contributed by atoms with Gasteiger partial charge in [0.25, 0.3) is 0 Å². The van der Waals surface area contributed by atoms with Crippen molar-refractivity contribution in [1.29, 1.82) is 5.26 Å². The van der Waals surface area contributed by atoms with Gasteiger partial charge in [0.2, 0.25) is 0 Å². The molecule has 0 aliphatic heterocycles. The first-order valence-electron chi connectivity index (χ1n) is 4.40. The van der Waals surface area contributed by atoms with Crippen molar-refractivity contribution in [2.24, 2.45) is 5.11 Å². The van der Waals surface area contributed by atoms with Crippen molar-refractivity contribution >= 4 is 6.08 Å². The van der Waals surface area contributed by atoms with E-state index in [0.717, 1.165) is 5.56 Å². The fraction of sp³-hybridized carbons (Fsp3) is 0.200. The van der Waals surface area contributed by atoms with Gasteiger partial charge in [0, 0.05) is 17.7 Å². The van der Waals surface area contributed by atoms with Crippen molar-refractivity contribution in [3.63, 3.8) is 0 Å². The Hall–Kier alpha value is -2.31. The summed E-state index contributed by atoms with van der Waals surface area (Å²) in [6.45, 7) is 0.448. The molecule has 0 atom stereocenters. The molecule has 0 unspecified atom stereocenters. The van der Waals surface area contributed by atoms with Crippen LogP contribution in [0.1, 0.15) is 17.7 Å². The molecule has 0 aliphatic rings. The molecule has 5 nitrogen and oxygen atoms in total. The van der Waals surface area contributed by atoms with Gasteiger partial charge in [-0.15, -0.1) is 0 Å². The van der Waals surface area contributed by atoms with Crippen molar-refractivity contribution in [3.05, 3.63) is 46.1 Å². The molecule has 0 N–H and O–H groups in total. The average molecular weight is 199 g/mol. The van der Waals surface area contributed by atoms with Gasteiger partial charge >= 0.3 is 0 Å². The summed E-state index contributed by atoms with van der Waals surface area (Å²) in [6.07, 6.45) is 6.04. The zero-order valence-corrected chi connectivity index (χ0v) is 8.04. The molecule has 0 bridgehead atoms. The second-order valence-corrected chi connectivity index (χ2v) is 2.73. The second kappa shape index (κ2) is 6.19. The summed E-state index contributed by atoms with van der Waals surface area (Å²) in [5, 5.41) is 12.0. The van der Waals surface area contributed by atoms with Crippen molar-refractivity contribution in [3.8, 4) is 6.07 Å². The van der Waals surface area contributed by atoms with Gasteiger partial charge in [-0.05, 0) is 29.6 Å². The van der Waals surface area contributed by atoms with Gasteiger partial charge in [-0.25, -0.2) is 4.98 Å². The molecule has 1 heterocycles. The number of hydrogen-bond acceptors (Lipinski definition) is 3. The summed E-state index contributed by atoms with van der Waals surface area (Å²) in [4.78, 5) is 6.50. The van der Waals surface area contributed by atoms with Crippen LogP contribution in [0.5, 0.6) is 0 Å². The molecular weight excluding hydrogens is 190 g/mol. The normalized spacial score (nSPS) is 9.53. The van der Waals surface area contributed by atoms with Crippen LogP contribution in [0.25, 0.3) is 16.5 Å². The summed E-state index contributed by atoms with van der Waals surface area (Å²) >= 11 is 0. The van der Waals surface area contributed by atoms with Crippen LogP contribution >= 0.6 is 0 Å². The number of rotatable bonds is 4. The molecule has 0 aromatic carbocycles. The quantitative estimate of drug-likeness (QED) is 0.323. The summed E-state index contributed by atoms with van der Waals surface area (Å²) in [6, 6.07) is 5.48. The lowest BCUT2D eigenvalue weighted by molar-refractivity contribution is 0.995. The number of nitrogens with zero attached hydrogens (tertiary/aromatic N) is 5. The SMILES string of the molecule is N#Cc1cc(C=CCCN=[N+]=[N-])ccn1. The van der Waals surface area contributed by atoms with Crippen LogP contribution in [-0.2, 0) is 0 Å². The highest BCUT2D eigenvalue weighted by molar-refractivity contribution is 5.50. The Kier molecular flexibility index (Phi) is 4.44. The minimum Gasteiger partial charge on any atom is -0.246 e. The summed E-state index contributed by atoms with van der Waals surface area (Å²) in [7, 11) is 0. The second-order valence-electron chi connectivity index (χ2n) is 2.73. The molecule has 1 rings (SSSR count). The summed E-state index contributed by atoms with van der Waals surface area (Å²) < 4.78 is 0. The maximum atomic E-state index is 8.61. The first-order valence-corrected chi connectivity index (χ1v) is 4.40. The summed E-state index contributed by atoms with van der Waals surface area (Å²) in [5.41, 5.74) is 9.36. The highest BCUT2D eigenvalue weighted by atomic mass is 15.1. The molecule has 15 heavy (non-hydrogen) atoms. The smallest absolute Gasteiger partial charge is 0.141 e. The van der Waals surface area contributed by atoms with Crippen LogP contribution in [0.2, 0.25) is 0 Å². The molecule has 0 amide bonds. The van der Waals surface area contributed by atoms with Gasteiger partial charge in [-0.2, -0.15) is 5.26 Å². The molecule has 0 fully saturated rings. The zero-order chi connectivity index (χ0) is 10.9. The van der Waals surface area contributed by atoms with Crippen molar-refractivity contribution in [1.82, 2.24) is 4.98 Å². The highest BCUT2D eigenvalue weighted by Crippen LogP contribution is 2.03. The molecular formula is C10H9N5. The van der Waals surface area contributed by atoms with E-state index in [9.17, 15) is 0 Å². The molecule has 1 aromatic heterocycles. The number of hydrogen-bond donors (Lipinski definition) is 0. The van der Waals surface area contributed by atoms with E-state index in [1.165, 1.54) is 0 Å². The standard InChI is InChI=1S/C10H9N5/c11-8-10-7-9(4-6-13-10)3-1-2-5-14-15-12/h1,3-4,6-7H,2,5H2. The van der Waals surface area contributed by atoms with Gasteiger partial charge in [-0.1, -0.05) is 17.3 Å². The molecule has 1 aromatic rings. The number of pyridine rings is 1. The van der Waals surface area contributed by atoms with Gasteiger partial charge in [0.15, 0.2) is 0 Å². The highest BCUT2D eigenvalue weighted by Gasteiger charge is 1.91. The number of azide groups is 1. The Morgan fingerprint density at radius 3 is 3.27 bits per heavy atom. The van der Waals surface area contributed by atoms with Crippen LogP contribution in [0.15, 0.2) is 29.5 Å². The van der Waals surface area contributed by atoms with E-state index >= 15 is 0 Å². The zero-order valence-electron chi connectivity index (χ0n) is 8.04. The Morgan fingerprint density at radius 2 is 2.53 bits per heavy atom. The van der Waals surface area contributed by atoms with Gasteiger partial charge in [-0.3, -0.25) is 0 Å². The van der Waals surface area contributed by atoms with E-state index in [1.54, 1.807) is 12.3 Å². The van der Waals surface area contributed by atoms with E-state index in [2.05, 4.69) is 15.0 Å². The van der Waals surface area contributed by atoms with Crippen LogP contribution in [-0.4, -0.2) is 11.5 Å². The predicted molar refractivity (Wildman–Crippen MR) is 56.6 cm³/mol. The maximum absolute atomic E-state index is 8.61. The molecule has 5 heteroatoms. The third-order valence-corrected chi connectivity index (χ3v) is 1.67. The molecule has 0 radical (unpaired) electrons. The summed E-state index contributed by atoms with van der Waals surface area (Å²) in [5.74, 6) is 0. The Balaban J connectivity index is 2.57. The predicted octanol–water partition coefficient (Wildman–Crippen LogP) is 2.67. The van der Waals surface area contributed by atoms with Crippen LogP contribution in [0.4, 0.5) is 0 Å². The van der Waals surface area contributed by atoms with Crippen molar-refractivity contribution in [2.75, 3.05) is 6.54 Å². The Bertz CT molecular complexity index is 437. The average Bonchev–Trinajstić information content (AvgIpc) is 2.29. The largest absolute Gasteiger partial charge is 0.246 e. The minimum atomic E-state index is 0.396. The lowest BCUT2D eigenvalue weighted by Gasteiger charge is -1.92. The molecule has 0 saturated heterocycles. The van der Waals surface area contributed by atoms with Crippen molar-refractivity contribution in [2.45, 2.75) is 6.42 Å². The Morgan fingerprint density at radius 1 is 1.67 bits per heavy atom. The molecule has 74 valence electrons. The van der Waals surface area contributed by atoms with Gasteiger partial charge < -0.3 is 0 Å². The van der Waals surface area contributed by atoms with E-state index < -0.39 is 0 Å². The monoisotopic (exact) mass is 199 g/mol. The van der Waals surface area contributed by atoms with E-state index in [0.29, 0.717) is 18.7 Å². The van der Waals surface area contributed by atoms with Gasteiger partial charge in [0.05, 0.1) is 0 Å². The number of nitriles is 1. The first kappa shape index (κ1) is 10.8. The Labute approximate surface area is 87.3 Å². The topological polar surface area (TPSA) is 85.4 Å². The molecule has 0 aliphatic carbocycles. The van der Waals surface area contributed by atoms with Crippen LogP contribution in [0, 0.1) is 11.3 Å². The van der Waals surface area contributed by atoms with E-state index in [1.807, 2.05) is 24.3 Å². The number of aromatic nitrogens is 1. The van der Waals surface area contributed by atoms with Crippen LogP contribution in [0.3, 0.4) is 0 Å². The molecule has 0 saturated carbocycles. The van der Waals surface area contributed by atoms with E-state index in [-0.39, 0.29) is 0 Å². The maximum Gasteiger partial charge on any atom is 0.141 e. The van der Waals surface area contributed by atoms with Crippen molar-refractivity contribution < 1.29 is 0 Å². The third kappa shape index (κ3) is 3.94. The minimum absolute atomic E-state index is 0.396. The van der Waals surface area contributed by atoms with Crippen LogP contribution < -0.4 is 0 Å². The lowest BCUT2D eigenvalue weighted by atomic mass is 10.2. The van der Waals surface area contributed by atoms with E-state index in [4.69, 9.17) is 10.8 Å².